The van der Waals surface area contributed by atoms with Gasteiger partial charge in [0.25, 0.3) is 5.69 Å². The number of hydrogen-bond acceptors (Lipinski definition) is 6. The molecule has 2 N–H and O–H groups in total. The van der Waals surface area contributed by atoms with Gasteiger partial charge in [-0.2, -0.15) is 0 Å². The molecule has 25 heavy (non-hydrogen) atoms. The lowest BCUT2D eigenvalue weighted by atomic mass is 10.2. The van der Waals surface area contributed by atoms with Crippen LogP contribution in [0.15, 0.2) is 36.4 Å². The average Bonchev–Trinajstić information content (AvgIpc) is 2.60. The minimum absolute atomic E-state index is 0.0883. The van der Waals surface area contributed by atoms with Crippen LogP contribution in [-0.2, 0) is 4.79 Å². The second-order valence-electron chi connectivity index (χ2n) is 4.89. The van der Waals surface area contributed by atoms with Crippen LogP contribution in [0.25, 0.3) is 0 Å². The molecule has 0 atom stereocenters. The minimum atomic E-state index is -0.588. The van der Waals surface area contributed by atoms with Gasteiger partial charge in [-0.25, -0.2) is 0 Å². The monoisotopic (exact) mass is 365 g/mol. The van der Waals surface area contributed by atoms with E-state index in [1.807, 2.05) is 0 Å². The predicted octanol–water partition coefficient (Wildman–Crippen LogP) is 3.32. The molecule has 0 saturated carbocycles. The van der Waals surface area contributed by atoms with Gasteiger partial charge in [-0.3, -0.25) is 14.9 Å². The fraction of sp³-hybridized carbons (Fsp3) is 0.188. The van der Waals surface area contributed by atoms with E-state index in [4.69, 9.17) is 21.1 Å². The third-order valence-corrected chi connectivity index (χ3v) is 3.58. The van der Waals surface area contributed by atoms with E-state index in [1.54, 1.807) is 18.2 Å². The number of carbonyl (C=O) groups excluding carboxylic acids is 1. The van der Waals surface area contributed by atoms with E-state index in [0.29, 0.717) is 22.2 Å². The Morgan fingerprint density at radius 3 is 2.56 bits per heavy atom. The Hall–Kier alpha value is -3.00. The lowest BCUT2D eigenvalue weighted by Gasteiger charge is -2.10. The number of carbonyl (C=O) groups is 1. The molecule has 2 aromatic rings. The molecular formula is C16H16ClN3O5. The van der Waals surface area contributed by atoms with Gasteiger partial charge in [0, 0.05) is 5.69 Å². The SMILES string of the molecule is COc1ccc(NC(=O)CNc2ccc(OC)c(Cl)c2)c([N+](=O)[O-])c1. The molecule has 132 valence electrons. The molecule has 2 rings (SSSR count). The van der Waals surface area contributed by atoms with Crippen molar-refractivity contribution in [1.82, 2.24) is 0 Å². The van der Waals surface area contributed by atoms with Crippen molar-refractivity contribution in [3.63, 3.8) is 0 Å². The van der Waals surface area contributed by atoms with Crippen LogP contribution in [0.3, 0.4) is 0 Å². The van der Waals surface area contributed by atoms with E-state index in [9.17, 15) is 14.9 Å². The molecule has 8 nitrogen and oxygen atoms in total. The number of halogens is 1. The fourth-order valence-corrected chi connectivity index (χ4v) is 2.31. The summed E-state index contributed by atoms with van der Waals surface area (Å²) in [5.41, 5.74) is 0.454. The zero-order valence-corrected chi connectivity index (χ0v) is 14.3. The molecule has 1 amide bonds. The molecule has 0 unspecified atom stereocenters. The van der Waals surface area contributed by atoms with Crippen molar-refractivity contribution < 1.29 is 19.2 Å². The number of nitrogens with zero attached hydrogens (tertiary/aromatic N) is 1. The molecule has 0 aliphatic carbocycles. The number of anilines is 2. The van der Waals surface area contributed by atoms with Crippen molar-refractivity contribution in [2.45, 2.75) is 0 Å². The van der Waals surface area contributed by atoms with Gasteiger partial charge in [0.05, 0.1) is 36.8 Å². The number of benzene rings is 2. The first kappa shape index (κ1) is 18.3. The molecule has 9 heteroatoms. The zero-order valence-electron chi connectivity index (χ0n) is 13.5. The number of methoxy groups -OCH3 is 2. The fourth-order valence-electron chi connectivity index (χ4n) is 2.05. The first-order valence-electron chi connectivity index (χ1n) is 7.14. The van der Waals surface area contributed by atoms with Crippen LogP contribution in [0.2, 0.25) is 5.02 Å². The maximum atomic E-state index is 12.0. The Labute approximate surface area is 148 Å². The predicted molar refractivity (Wildman–Crippen MR) is 94.8 cm³/mol. The molecular weight excluding hydrogens is 350 g/mol. The summed E-state index contributed by atoms with van der Waals surface area (Å²) in [5, 5.41) is 16.9. The van der Waals surface area contributed by atoms with Gasteiger partial charge in [0.1, 0.15) is 17.2 Å². The summed E-state index contributed by atoms with van der Waals surface area (Å²) >= 11 is 6.01. The molecule has 0 radical (unpaired) electrons. The van der Waals surface area contributed by atoms with Crippen LogP contribution in [-0.4, -0.2) is 31.6 Å². The summed E-state index contributed by atoms with van der Waals surface area (Å²) in [6.07, 6.45) is 0. The van der Waals surface area contributed by atoms with Crippen LogP contribution in [0.5, 0.6) is 11.5 Å². The van der Waals surface area contributed by atoms with Gasteiger partial charge in [0.2, 0.25) is 5.91 Å². The van der Waals surface area contributed by atoms with E-state index in [-0.39, 0.29) is 17.9 Å². The molecule has 0 saturated heterocycles. The number of nitro groups is 1. The quantitative estimate of drug-likeness (QED) is 0.576. The Morgan fingerprint density at radius 2 is 1.96 bits per heavy atom. The van der Waals surface area contributed by atoms with Gasteiger partial charge in [-0.1, -0.05) is 11.6 Å². The van der Waals surface area contributed by atoms with E-state index in [1.165, 1.54) is 32.4 Å². The molecule has 0 fully saturated rings. The standard InChI is InChI=1S/C16H16ClN3O5/c1-24-11-4-5-13(14(8-11)20(22)23)19-16(21)9-18-10-3-6-15(25-2)12(17)7-10/h3-8,18H,9H2,1-2H3,(H,19,21). The first-order chi connectivity index (χ1) is 11.9. The Balaban J connectivity index is 2.03. The Bertz CT molecular complexity index is 797. The summed E-state index contributed by atoms with van der Waals surface area (Å²) < 4.78 is 9.99. The number of amides is 1. The van der Waals surface area contributed by atoms with Crippen molar-refractivity contribution >= 4 is 34.6 Å². The first-order valence-corrected chi connectivity index (χ1v) is 7.52. The molecule has 0 aliphatic heterocycles. The highest BCUT2D eigenvalue weighted by molar-refractivity contribution is 6.32. The molecule has 0 bridgehead atoms. The maximum Gasteiger partial charge on any atom is 0.296 e. The Kier molecular flexibility index (Phi) is 6.02. The number of nitrogens with one attached hydrogen (secondary N) is 2. The van der Waals surface area contributed by atoms with Gasteiger partial charge in [-0.05, 0) is 30.3 Å². The van der Waals surface area contributed by atoms with Gasteiger partial charge in [0.15, 0.2) is 0 Å². The van der Waals surface area contributed by atoms with Gasteiger partial charge < -0.3 is 20.1 Å². The van der Waals surface area contributed by atoms with Crippen LogP contribution in [0, 0.1) is 10.1 Å². The van der Waals surface area contributed by atoms with Crippen molar-refractivity contribution in [1.29, 1.82) is 0 Å². The number of hydrogen-bond donors (Lipinski definition) is 2. The van der Waals surface area contributed by atoms with Crippen LogP contribution in [0.1, 0.15) is 0 Å². The van der Waals surface area contributed by atoms with Crippen LogP contribution in [0.4, 0.5) is 17.1 Å². The van der Waals surface area contributed by atoms with E-state index in [2.05, 4.69) is 10.6 Å². The highest BCUT2D eigenvalue weighted by atomic mass is 35.5. The smallest absolute Gasteiger partial charge is 0.296 e. The number of rotatable bonds is 7. The minimum Gasteiger partial charge on any atom is -0.496 e. The lowest BCUT2D eigenvalue weighted by molar-refractivity contribution is -0.384. The van der Waals surface area contributed by atoms with Crippen LogP contribution >= 0.6 is 11.6 Å². The lowest BCUT2D eigenvalue weighted by Crippen LogP contribution is -2.22. The zero-order chi connectivity index (χ0) is 18.4. The van der Waals surface area contributed by atoms with Crippen molar-refractivity contribution in [3.05, 3.63) is 51.5 Å². The van der Waals surface area contributed by atoms with Crippen molar-refractivity contribution in [2.75, 3.05) is 31.4 Å². The van der Waals surface area contributed by atoms with Gasteiger partial charge >= 0.3 is 0 Å². The highest BCUT2D eigenvalue weighted by Gasteiger charge is 2.17. The second kappa shape index (κ2) is 8.20. The van der Waals surface area contributed by atoms with Gasteiger partial charge in [-0.15, -0.1) is 0 Å². The largest absolute Gasteiger partial charge is 0.496 e. The molecule has 0 aromatic heterocycles. The van der Waals surface area contributed by atoms with Crippen molar-refractivity contribution in [3.8, 4) is 11.5 Å². The summed E-state index contributed by atoms with van der Waals surface area (Å²) in [5.74, 6) is 0.404. The van der Waals surface area contributed by atoms with E-state index < -0.39 is 10.8 Å². The second-order valence-corrected chi connectivity index (χ2v) is 5.30. The molecule has 0 aliphatic rings. The summed E-state index contributed by atoms with van der Waals surface area (Å²) in [4.78, 5) is 22.6. The summed E-state index contributed by atoms with van der Waals surface area (Å²) in [6.45, 7) is -0.0914. The third kappa shape index (κ3) is 4.74. The normalized spacial score (nSPS) is 10.0. The third-order valence-electron chi connectivity index (χ3n) is 3.28. The summed E-state index contributed by atoms with van der Waals surface area (Å²) in [7, 11) is 2.91. The maximum absolute atomic E-state index is 12.0. The van der Waals surface area contributed by atoms with E-state index in [0.717, 1.165) is 0 Å². The Morgan fingerprint density at radius 1 is 1.20 bits per heavy atom. The summed E-state index contributed by atoms with van der Waals surface area (Å²) in [6, 6.07) is 9.17. The average molecular weight is 366 g/mol. The van der Waals surface area contributed by atoms with Crippen molar-refractivity contribution in [2.24, 2.45) is 0 Å². The number of ether oxygens (including phenoxy) is 2. The molecule has 0 spiro atoms. The van der Waals surface area contributed by atoms with Crippen LogP contribution < -0.4 is 20.1 Å². The highest BCUT2D eigenvalue weighted by Crippen LogP contribution is 2.29. The molecule has 2 aromatic carbocycles. The number of nitro benzene ring substituents is 1. The molecule has 0 heterocycles. The van der Waals surface area contributed by atoms with E-state index >= 15 is 0 Å². The topological polar surface area (TPSA) is 103 Å².